The van der Waals surface area contributed by atoms with E-state index in [0.29, 0.717) is 12.2 Å². The van der Waals surface area contributed by atoms with Crippen LogP contribution in [0, 0.1) is 0 Å². The van der Waals surface area contributed by atoms with Crippen LogP contribution in [0.5, 0.6) is 11.5 Å². The molecule has 0 heterocycles. The number of carbonyl (C=O) groups excluding carboxylic acids is 3. The number of ether oxygens (including phenoxy) is 1. The predicted molar refractivity (Wildman–Crippen MR) is 56.2 cm³/mol. The second-order valence-electron chi connectivity index (χ2n) is 2.69. The number of aliphatic carboxylic acids is 2. The molecule has 1 aromatic carbocycles. The second-order valence-corrected chi connectivity index (χ2v) is 2.69. The van der Waals surface area contributed by atoms with E-state index in [9.17, 15) is 4.79 Å². The van der Waals surface area contributed by atoms with E-state index in [1.165, 1.54) is 12.1 Å². The molecule has 1 aromatic rings. The molecule has 8 heteroatoms. The summed E-state index contributed by atoms with van der Waals surface area (Å²) in [4.78, 5) is 27.6. The minimum absolute atomic E-state index is 0. The van der Waals surface area contributed by atoms with Crippen molar-refractivity contribution in [2.75, 3.05) is 0 Å². The molecular formula is C11H12NiO7. The predicted octanol–water partition coefficient (Wildman–Crippen LogP) is -1.56. The fourth-order valence-electron chi connectivity index (χ4n) is 0.612. The number of phenolic OH excluding ortho intramolecular Hbond substituents is 1. The Morgan fingerprint density at radius 1 is 1.21 bits per heavy atom. The first-order chi connectivity index (χ1) is 8.29. The summed E-state index contributed by atoms with van der Waals surface area (Å²) in [5.41, 5.74) is 0. The van der Waals surface area contributed by atoms with Crippen LogP contribution in [0.2, 0.25) is 0 Å². The third kappa shape index (κ3) is 25.9. The molecule has 0 aliphatic rings. The average molecular weight is 315 g/mol. The van der Waals surface area contributed by atoms with E-state index in [4.69, 9.17) is 24.9 Å². The van der Waals surface area contributed by atoms with Gasteiger partial charge in [0.05, 0.1) is 0 Å². The Balaban J connectivity index is -0.000000242. The molecule has 0 aliphatic carbocycles. The molecule has 0 saturated carbocycles. The zero-order valence-electron chi connectivity index (χ0n) is 10.1. The van der Waals surface area contributed by atoms with Crippen molar-refractivity contribution in [3.63, 3.8) is 0 Å². The van der Waals surface area contributed by atoms with Gasteiger partial charge in [0.15, 0.2) is 0 Å². The van der Waals surface area contributed by atoms with Crippen molar-refractivity contribution in [3.8, 4) is 11.5 Å². The number of carboxylic acid groups (broad SMARTS) is 2. The number of hydrogen-bond acceptors (Lipinski definition) is 7. The van der Waals surface area contributed by atoms with E-state index >= 15 is 0 Å². The maximum absolute atomic E-state index is 9.78. The molecule has 0 bridgehead atoms. The normalized spacial score (nSPS) is 7.26. The van der Waals surface area contributed by atoms with Crippen molar-refractivity contribution < 1.29 is 50.9 Å². The quantitative estimate of drug-likeness (QED) is 0.516. The van der Waals surface area contributed by atoms with Crippen molar-refractivity contribution >= 4 is 18.4 Å². The Kier molecular flexibility index (Phi) is 16.3. The molecule has 1 N–H and O–H groups in total. The topological polar surface area (TPSA) is 127 Å². The average Bonchev–Trinajstić information content (AvgIpc) is 2.16. The number of carboxylic acids is 2. The van der Waals surface area contributed by atoms with Crippen molar-refractivity contribution in [1.29, 1.82) is 0 Å². The molecule has 7 nitrogen and oxygen atoms in total. The molecular weight excluding hydrogens is 303 g/mol. The van der Waals surface area contributed by atoms with E-state index in [1.807, 2.05) is 0 Å². The molecule has 0 amide bonds. The molecule has 0 aliphatic heterocycles. The number of benzene rings is 1. The van der Waals surface area contributed by atoms with Gasteiger partial charge in [0.25, 0.3) is 6.47 Å². The number of aromatic hydroxyl groups is 1. The Morgan fingerprint density at radius 2 is 1.63 bits per heavy atom. The van der Waals surface area contributed by atoms with Gasteiger partial charge < -0.3 is 29.6 Å². The number of hydrogen-bond donors (Lipinski definition) is 1. The maximum atomic E-state index is 9.78. The molecule has 0 spiro atoms. The van der Waals surface area contributed by atoms with Crippen molar-refractivity contribution in [1.82, 2.24) is 0 Å². The summed E-state index contributed by atoms with van der Waals surface area (Å²) in [6, 6.07) is 6.02. The van der Waals surface area contributed by atoms with Crippen LogP contribution < -0.4 is 14.9 Å². The summed E-state index contributed by atoms with van der Waals surface area (Å²) in [6.07, 6.45) is 0. The first kappa shape index (κ1) is 22.1. The minimum Gasteiger partial charge on any atom is -0.550 e. The number of phenols is 1. The molecule has 0 radical (unpaired) electrons. The molecule has 0 saturated heterocycles. The Labute approximate surface area is 119 Å². The number of carbonyl (C=O) groups is 3. The van der Waals surface area contributed by atoms with Crippen LogP contribution in [-0.4, -0.2) is 23.5 Å². The van der Waals surface area contributed by atoms with Gasteiger partial charge in [-0.15, -0.1) is 0 Å². The molecule has 0 atom stereocenters. The first-order valence-electron chi connectivity index (χ1n) is 4.54. The zero-order chi connectivity index (χ0) is 14.6. The largest absolute Gasteiger partial charge is 2.00 e. The van der Waals surface area contributed by atoms with Gasteiger partial charge in [0.1, 0.15) is 11.5 Å². The second kappa shape index (κ2) is 14.0. The van der Waals surface area contributed by atoms with Crippen LogP contribution in [0.15, 0.2) is 24.3 Å². The van der Waals surface area contributed by atoms with Crippen LogP contribution in [0.25, 0.3) is 0 Å². The summed E-state index contributed by atoms with van der Waals surface area (Å²) in [6.45, 7) is 2.26. The number of rotatable bonds is 2. The van der Waals surface area contributed by atoms with E-state index in [2.05, 4.69) is 4.74 Å². The van der Waals surface area contributed by atoms with Crippen LogP contribution >= 0.6 is 0 Å². The Morgan fingerprint density at radius 3 is 1.95 bits per heavy atom. The van der Waals surface area contributed by atoms with Crippen molar-refractivity contribution in [3.05, 3.63) is 24.3 Å². The standard InChI is InChI=1S/C7H6O3.2C2H4O2.Ni/c8-5-10-7-3-1-2-6(9)4-7;2*1-2(3)4;/h1-5,9H;2*1H3,(H,3,4);/q;;;+2/p-2. The van der Waals surface area contributed by atoms with Crippen LogP contribution in [0.1, 0.15) is 13.8 Å². The van der Waals surface area contributed by atoms with Gasteiger partial charge in [0, 0.05) is 18.0 Å². The van der Waals surface area contributed by atoms with E-state index in [0.717, 1.165) is 13.8 Å². The van der Waals surface area contributed by atoms with Gasteiger partial charge in [0.2, 0.25) is 0 Å². The fraction of sp³-hybridized carbons (Fsp3) is 0.182. The summed E-state index contributed by atoms with van der Waals surface area (Å²) in [5.74, 6) is -1.74. The Hall–Kier alpha value is -2.08. The van der Waals surface area contributed by atoms with Crippen LogP contribution in [-0.2, 0) is 30.9 Å². The molecule has 0 fully saturated rings. The molecule has 0 aromatic heterocycles. The first-order valence-corrected chi connectivity index (χ1v) is 4.54. The molecule has 1 rings (SSSR count). The van der Waals surface area contributed by atoms with E-state index < -0.39 is 11.9 Å². The van der Waals surface area contributed by atoms with Crippen molar-refractivity contribution in [2.45, 2.75) is 13.8 Å². The smallest absolute Gasteiger partial charge is 0.550 e. The molecule has 19 heavy (non-hydrogen) atoms. The van der Waals surface area contributed by atoms with E-state index in [1.54, 1.807) is 12.1 Å². The van der Waals surface area contributed by atoms with Gasteiger partial charge in [-0.25, -0.2) is 0 Å². The third-order valence-electron chi connectivity index (χ3n) is 1.00. The summed E-state index contributed by atoms with van der Waals surface area (Å²) in [7, 11) is 0. The SMILES string of the molecule is CC(=O)[O-].CC(=O)[O-].O=COc1cccc(O)c1.[Ni+2]. The van der Waals surface area contributed by atoms with Gasteiger partial charge in [-0.2, -0.15) is 0 Å². The molecule has 108 valence electrons. The fourth-order valence-corrected chi connectivity index (χ4v) is 0.612. The van der Waals surface area contributed by atoms with Gasteiger partial charge in [-0.3, -0.25) is 4.79 Å². The van der Waals surface area contributed by atoms with Crippen LogP contribution in [0.4, 0.5) is 0 Å². The minimum atomic E-state index is -1.08. The van der Waals surface area contributed by atoms with Gasteiger partial charge >= 0.3 is 16.5 Å². The van der Waals surface area contributed by atoms with Crippen LogP contribution in [0.3, 0.4) is 0 Å². The van der Waals surface area contributed by atoms with Gasteiger partial charge in [-0.05, 0) is 26.0 Å². The van der Waals surface area contributed by atoms with Gasteiger partial charge in [-0.1, -0.05) is 6.07 Å². The van der Waals surface area contributed by atoms with Crippen molar-refractivity contribution in [2.24, 2.45) is 0 Å². The summed E-state index contributed by atoms with van der Waals surface area (Å²) < 4.78 is 4.45. The Bertz CT molecular complexity index is 372. The van der Waals surface area contributed by atoms with E-state index in [-0.39, 0.29) is 22.2 Å². The monoisotopic (exact) mass is 314 g/mol. The maximum Gasteiger partial charge on any atom is 2.00 e. The zero-order valence-corrected chi connectivity index (χ0v) is 11.1. The molecule has 0 unspecified atom stereocenters. The summed E-state index contributed by atoms with van der Waals surface area (Å²) >= 11 is 0. The third-order valence-corrected chi connectivity index (χ3v) is 1.00. The summed E-state index contributed by atoms with van der Waals surface area (Å²) in [5, 5.41) is 26.6.